The molecule has 0 saturated heterocycles. The molecule has 2 aromatic rings. The number of rotatable bonds is 8. The Bertz CT molecular complexity index is 1190. The van der Waals surface area contributed by atoms with Crippen molar-refractivity contribution in [1.82, 2.24) is 4.90 Å². The molecule has 4 heteroatoms. The first-order valence-corrected chi connectivity index (χ1v) is 22.2. The normalized spacial score (nSPS) is 32.4. The van der Waals surface area contributed by atoms with Crippen LogP contribution in [0, 0.1) is 11.8 Å². The van der Waals surface area contributed by atoms with E-state index in [1.54, 1.807) is 14.8 Å². The van der Waals surface area contributed by atoms with Crippen molar-refractivity contribution in [2.24, 2.45) is 11.8 Å². The predicted octanol–water partition coefficient (Wildman–Crippen LogP) is 13.0. The predicted molar refractivity (Wildman–Crippen MR) is 201 cm³/mol. The summed E-state index contributed by atoms with van der Waals surface area (Å²) in [5.74, 6) is 2.84. The highest BCUT2D eigenvalue weighted by atomic mass is 32.1. The van der Waals surface area contributed by atoms with Gasteiger partial charge in [-0.15, -0.1) is 22.7 Å². The molecule has 3 unspecified atom stereocenters. The van der Waals surface area contributed by atoms with E-state index in [4.69, 9.17) is 0 Å². The molecule has 6 fully saturated rings. The van der Waals surface area contributed by atoms with Crippen molar-refractivity contribution < 1.29 is 0 Å². The first-order valence-electron chi connectivity index (χ1n) is 20.6. The number of thiophene rings is 2. The van der Waals surface area contributed by atoms with E-state index in [1.807, 2.05) is 0 Å². The SMILES string of the molecule is c1cc(C2CCC(N(C3CCCCC3)C3CCCCC3)CC2)sc1-c1ccc(N(C2CCCCC2)C2CCC3CCCCC3C2)s1. The van der Waals surface area contributed by atoms with Gasteiger partial charge in [-0.3, -0.25) is 4.90 Å². The minimum absolute atomic E-state index is 0.779. The Morgan fingerprint density at radius 2 is 0.935 bits per heavy atom. The van der Waals surface area contributed by atoms with Crippen molar-refractivity contribution in [2.45, 2.75) is 203 Å². The molecule has 3 atom stereocenters. The van der Waals surface area contributed by atoms with Gasteiger partial charge in [-0.25, -0.2) is 0 Å². The maximum atomic E-state index is 3.15. The maximum absolute atomic E-state index is 3.15. The van der Waals surface area contributed by atoms with Crippen molar-refractivity contribution in [3.05, 3.63) is 29.1 Å². The van der Waals surface area contributed by atoms with Crippen LogP contribution in [0.4, 0.5) is 5.00 Å². The lowest BCUT2D eigenvalue weighted by atomic mass is 9.69. The summed E-state index contributed by atoms with van der Waals surface area (Å²) in [6, 6.07) is 14.3. The van der Waals surface area contributed by atoms with Gasteiger partial charge in [0.25, 0.3) is 0 Å². The van der Waals surface area contributed by atoms with E-state index in [0.717, 1.165) is 48.0 Å². The van der Waals surface area contributed by atoms with Crippen molar-refractivity contribution >= 4 is 27.7 Å². The maximum Gasteiger partial charge on any atom is 0.0920 e. The molecule has 2 nitrogen and oxygen atoms in total. The van der Waals surface area contributed by atoms with Crippen LogP contribution in [0.25, 0.3) is 9.75 Å². The molecule has 0 N–H and O–H groups in total. The van der Waals surface area contributed by atoms with Crippen LogP contribution in [0.5, 0.6) is 0 Å². The molecule has 46 heavy (non-hydrogen) atoms. The summed E-state index contributed by atoms with van der Waals surface area (Å²) in [7, 11) is 0. The molecule has 8 rings (SSSR count). The Morgan fingerprint density at radius 1 is 0.413 bits per heavy atom. The monoisotopic (exact) mass is 660 g/mol. The smallest absolute Gasteiger partial charge is 0.0920 e. The summed E-state index contributed by atoms with van der Waals surface area (Å²) in [6.45, 7) is 0. The minimum Gasteiger partial charge on any atom is -0.357 e. The Morgan fingerprint density at radius 3 is 1.61 bits per heavy atom. The molecule has 6 aliphatic rings. The summed E-state index contributed by atoms with van der Waals surface area (Å²) in [4.78, 5) is 10.9. The Balaban J connectivity index is 0.938. The summed E-state index contributed by atoms with van der Waals surface area (Å²) >= 11 is 4.28. The van der Waals surface area contributed by atoms with Crippen LogP contribution in [0.15, 0.2) is 24.3 Å². The average molecular weight is 661 g/mol. The topological polar surface area (TPSA) is 6.48 Å². The fourth-order valence-corrected chi connectivity index (χ4v) is 14.2. The molecule has 254 valence electrons. The fraction of sp³-hybridized carbons (Fsp3) is 0.810. The Kier molecular flexibility index (Phi) is 10.8. The van der Waals surface area contributed by atoms with Gasteiger partial charge in [0.2, 0.25) is 0 Å². The van der Waals surface area contributed by atoms with Gasteiger partial charge < -0.3 is 4.90 Å². The van der Waals surface area contributed by atoms with E-state index >= 15 is 0 Å². The van der Waals surface area contributed by atoms with Gasteiger partial charge in [0.15, 0.2) is 0 Å². The molecule has 0 aromatic carbocycles. The summed E-state index contributed by atoms with van der Waals surface area (Å²) < 4.78 is 0. The highest BCUT2D eigenvalue weighted by molar-refractivity contribution is 7.24. The first kappa shape index (κ1) is 32.4. The lowest BCUT2D eigenvalue weighted by molar-refractivity contribution is 0.0199. The van der Waals surface area contributed by atoms with Gasteiger partial charge in [-0.05, 0) is 125 Å². The van der Waals surface area contributed by atoms with Gasteiger partial charge in [-0.1, -0.05) is 83.5 Å². The van der Waals surface area contributed by atoms with Gasteiger partial charge in [-0.2, -0.15) is 0 Å². The van der Waals surface area contributed by atoms with E-state index < -0.39 is 0 Å². The third kappa shape index (κ3) is 7.21. The molecule has 6 saturated carbocycles. The highest BCUT2D eigenvalue weighted by Gasteiger charge is 2.39. The van der Waals surface area contributed by atoms with Crippen molar-refractivity contribution in [2.75, 3.05) is 4.90 Å². The van der Waals surface area contributed by atoms with Crippen molar-refractivity contribution in [1.29, 1.82) is 0 Å². The lowest BCUT2D eigenvalue weighted by Gasteiger charge is -2.48. The summed E-state index contributed by atoms with van der Waals surface area (Å²) in [5.41, 5.74) is 0. The second kappa shape index (κ2) is 15.4. The first-order chi connectivity index (χ1) is 22.8. The van der Waals surface area contributed by atoms with Crippen LogP contribution in [-0.2, 0) is 0 Å². The molecule has 0 amide bonds. The molecule has 6 aliphatic carbocycles. The number of fused-ring (bicyclic) bond motifs is 1. The van der Waals surface area contributed by atoms with Gasteiger partial charge in [0, 0.05) is 44.8 Å². The zero-order valence-electron chi connectivity index (χ0n) is 29.0. The van der Waals surface area contributed by atoms with E-state index in [1.165, 1.54) is 172 Å². The molecule has 2 heterocycles. The lowest BCUT2D eigenvalue weighted by Crippen LogP contribution is -2.51. The van der Waals surface area contributed by atoms with Crippen LogP contribution in [0.1, 0.15) is 178 Å². The largest absolute Gasteiger partial charge is 0.357 e. The molecular formula is C42H64N2S2. The van der Waals surface area contributed by atoms with Crippen LogP contribution >= 0.6 is 22.7 Å². The van der Waals surface area contributed by atoms with Crippen LogP contribution in [-0.4, -0.2) is 35.1 Å². The number of hydrogen-bond acceptors (Lipinski definition) is 4. The minimum atomic E-state index is 0.779. The van der Waals surface area contributed by atoms with Gasteiger partial charge >= 0.3 is 0 Å². The Labute approximate surface area is 290 Å². The van der Waals surface area contributed by atoms with E-state index in [0.29, 0.717) is 0 Å². The second-order valence-electron chi connectivity index (χ2n) is 16.8. The quantitative estimate of drug-likeness (QED) is 0.278. The molecule has 0 bridgehead atoms. The van der Waals surface area contributed by atoms with Crippen molar-refractivity contribution in [3.8, 4) is 9.75 Å². The van der Waals surface area contributed by atoms with Gasteiger partial charge in [0.1, 0.15) is 0 Å². The van der Waals surface area contributed by atoms with Crippen LogP contribution < -0.4 is 4.90 Å². The average Bonchev–Trinajstić information content (AvgIpc) is 3.81. The Hall–Kier alpha value is -0.840. The van der Waals surface area contributed by atoms with Gasteiger partial charge in [0.05, 0.1) is 5.00 Å². The van der Waals surface area contributed by atoms with Crippen LogP contribution in [0.2, 0.25) is 0 Å². The van der Waals surface area contributed by atoms with E-state index in [-0.39, 0.29) is 0 Å². The number of nitrogens with zero attached hydrogens (tertiary/aromatic N) is 2. The fourth-order valence-electron chi connectivity index (χ4n) is 11.7. The molecule has 0 radical (unpaired) electrons. The zero-order chi connectivity index (χ0) is 30.7. The molecule has 0 aliphatic heterocycles. The van der Waals surface area contributed by atoms with E-state index in [9.17, 15) is 0 Å². The molecular weight excluding hydrogens is 597 g/mol. The van der Waals surface area contributed by atoms with Crippen LogP contribution in [0.3, 0.4) is 0 Å². The number of hydrogen-bond donors (Lipinski definition) is 0. The highest BCUT2D eigenvalue weighted by Crippen LogP contribution is 2.48. The van der Waals surface area contributed by atoms with E-state index in [2.05, 4.69) is 56.7 Å². The number of anilines is 1. The van der Waals surface area contributed by atoms with Crippen molar-refractivity contribution in [3.63, 3.8) is 0 Å². The summed E-state index contributed by atoms with van der Waals surface area (Å²) in [6.07, 6.45) is 38.1. The molecule has 2 aromatic heterocycles. The standard InChI is InChI=1S/C42H64N2S2/c1-4-14-34(15-5-1)43(35-16-6-2-7-17-35)37-23-21-32(22-24-37)39-26-27-40(45-39)41-28-29-42(46-41)44(36-18-8-3-9-19-36)38-25-20-31-12-10-11-13-33(31)30-38/h26-29,31-38H,1-25,30H2. The third-order valence-electron chi connectivity index (χ3n) is 14.1. The molecule has 0 spiro atoms. The zero-order valence-corrected chi connectivity index (χ0v) is 30.7. The second-order valence-corrected chi connectivity index (χ2v) is 19.0. The third-order valence-corrected chi connectivity index (χ3v) is 16.6. The summed E-state index contributed by atoms with van der Waals surface area (Å²) in [5, 5.41) is 1.60.